The van der Waals surface area contributed by atoms with Gasteiger partial charge in [0.15, 0.2) is 0 Å². The molecule has 0 atom stereocenters. The van der Waals surface area contributed by atoms with Crippen molar-refractivity contribution in [1.82, 2.24) is 9.62 Å². The Morgan fingerprint density at radius 2 is 1.68 bits per heavy atom. The van der Waals surface area contributed by atoms with Gasteiger partial charge in [-0.1, -0.05) is 31.9 Å². The number of nitrogens with zero attached hydrogens (tertiary/aromatic N) is 1. The molecule has 28 heavy (non-hydrogen) atoms. The Bertz CT molecular complexity index is 732. The van der Waals surface area contributed by atoms with Gasteiger partial charge in [-0.05, 0) is 68.6 Å². The van der Waals surface area contributed by atoms with Crippen LogP contribution in [0.3, 0.4) is 0 Å². The Labute approximate surface area is 169 Å². The van der Waals surface area contributed by atoms with Gasteiger partial charge in [0.2, 0.25) is 15.9 Å². The standard InChI is InChI=1S/C22H34N2O3S/c1-2-18-6-11-20(12-7-18)23-22(25)15-10-19-8-13-21(14-9-19)28(26,27)24-16-4-3-5-17-24/h8-9,13-14,18,20H,2-7,10-12,15-17H2,1H3,(H,23,25). The van der Waals surface area contributed by atoms with Crippen LogP contribution in [-0.2, 0) is 21.2 Å². The molecule has 0 bridgehead atoms. The van der Waals surface area contributed by atoms with Crippen molar-refractivity contribution in [3.8, 4) is 0 Å². The second kappa shape index (κ2) is 9.88. The van der Waals surface area contributed by atoms with E-state index in [1.807, 2.05) is 12.1 Å². The monoisotopic (exact) mass is 406 g/mol. The van der Waals surface area contributed by atoms with Crippen LogP contribution < -0.4 is 5.32 Å². The van der Waals surface area contributed by atoms with Gasteiger partial charge in [0.1, 0.15) is 0 Å². The van der Waals surface area contributed by atoms with Gasteiger partial charge in [-0.3, -0.25) is 4.79 Å². The molecule has 0 unspecified atom stereocenters. The van der Waals surface area contributed by atoms with E-state index < -0.39 is 10.0 Å². The molecule has 1 aliphatic carbocycles. The number of amides is 1. The molecule has 0 aromatic heterocycles. The second-order valence-electron chi connectivity index (χ2n) is 8.30. The van der Waals surface area contributed by atoms with E-state index in [9.17, 15) is 13.2 Å². The Balaban J connectivity index is 1.47. The molecule has 1 saturated heterocycles. The summed E-state index contributed by atoms with van der Waals surface area (Å²) in [7, 11) is -3.38. The van der Waals surface area contributed by atoms with Crippen molar-refractivity contribution in [2.75, 3.05) is 13.1 Å². The molecule has 1 saturated carbocycles. The molecule has 1 N–H and O–H groups in total. The first-order chi connectivity index (χ1) is 13.5. The third-order valence-electron chi connectivity index (χ3n) is 6.31. The van der Waals surface area contributed by atoms with Crippen molar-refractivity contribution in [2.24, 2.45) is 5.92 Å². The number of sulfonamides is 1. The summed E-state index contributed by atoms with van der Waals surface area (Å²) in [5.41, 5.74) is 1.00. The van der Waals surface area contributed by atoms with Gasteiger partial charge in [-0.2, -0.15) is 4.31 Å². The summed E-state index contributed by atoms with van der Waals surface area (Å²) >= 11 is 0. The molecule has 1 amide bonds. The van der Waals surface area contributed by atoms with Gasteiger partial charge in [0.05, 0.1) is 4.90 Å². The SMILES string of the molecule is CCC1CCC(NC(=O)CCc2ccc(S(=O)(=O)N3CCCCC3)cc2)CC1. The predicted molar refractivity (Wildman–Crippen MR) is 112 cm³/mol. The lowest BCUT2D eigenvalue weighted by molar-refractivity contribution is -0.122. The molecule has 0 spiro atoms. The first-order valence-corrected chi connectivity index (χ1v) is 12.3. The highest BCUT2D eigenvalue weighted by atomic mass is 32.2. The average molecular weight is 407 g/mol. The van der Waals surface area contributed by atoms with Crippen molar-refractivity contribution in [2.45, 2.75) is 82.1 Å². The molecule has 1 aromatic rings. The third-order valence-corrected chi connectivity index (χ3v) is 8.22. The fraction of sp³-hybridized carbons (Fsp3) is 0.682. The maximum Gasteiger partial charge on any atom is 0.243 e. The molecular formula is C22H34N2O3S. The van der Waals surface area contributed by atoms with Crippen molar-refractivity contribution >= 4 is 15.9 Å². The number of nitrogens with one attached hydrogen (secondary N) is 1. The lowest BCUT2D eigenvalue weighted by Crippen LogP contribution is -2.37. The fourth-order valence-electron chi connectivity index (χ4n) is 4.36. The van der Waals surface area contributed by atoms with Gasteiger partial charge >= 0.3 is 0 Å². The number of rotatable bonds is 7. The molecular weight excluding hydrogens is 372 g/mol. The molecule has 1 aliphatic heterocycles. The van der Waals surface area contributed by atoms with E-state index in [1.165, 1.54) is 19.3 Å². The van der Waals surface area contributed by atoms with E-state index in [2.05, 4.69) is 12.2 Å². The van der Waals surface area contributed by atoms with E-state index in [0.29, 0.717) is 36.9 Å². The average Bonchev–Trinajstić information content (AvgIpc) is 2.74. The molecule has 1 aromatic carbocycles. The van der Waals surface area contributed by atoms with E-state index in [-0.39, 0.29) is 5.91 Å². The van der Waals surface area contributed by atoms with Crippen LogP contribution >= 0.6 is 0 Å². The van der Waals surface area contributed by atoms with Gasteiger partial charge in [0, 0.05) is 25.6 Å². The quantitative estimate of drug-likeness (QED) is 0.747. The largest absolute Gasteiger partial charge is 0.353 e. The summed E-state index contributed by atoms with van der Waals surface area (Å²) in [6, 6.07) is 7.38. The summed E-state index contributed by atoms with van der Waals surface area (Å²) in [4.78, 5) is 12.6. The molecule has 3 rings (SSSR count). The minimum Gasteiger partial charge on any atom is -0.353 e. The zero-order valence-corrected chi connectivity index (χ0v) is 17.8. The van der Waals surface area contributed by atoms with Crippen molar-refractivity contribution in [3.63, 3.8) is 0 Å². The Morgan fingerprint density at radius 1 is 1.04 bits per heavy atom. The second-order valence-corrected chi connectivity index (χ2v) is 10.2. The van der Waals surface area contributed by atoms with Crippen LogP contribution in [0.4, 0.5) is 0 Å². The molecule has 1 heterocycles. The number of carbonyl (C=O) groups excluding carboxylic acids is 1. The van der Waals surface area contributed by atoms with E-state index in [1.54, 1.807) is 16.4 Å². The van der Waals surface area contributed by atoms with E-state index in [4.69, 9.17) is 0 Å². The molecule has 6 heteroatoms. The Hall–Kier alpha value is -1.40. The highest BCUT2D eigenvalue weighted by molar-refractivity contribution is 7.89. The number of hydrogen-bond acceptors (Lipinski definition) is 3. The zero-order valence-electron chi connectivity index (χ0n) is 17.0. The maximum atomic E-state index is 12.7. The topological polar surface area (TPSA) is 66.5 Å². The fourth-order valence-corrected chi connectivity index (χ4v) is 5.87. The third kappa shape index (κ3) is 5.57. The zero-order chi connectivity index (χ0) is 20.0. The van der Waals surface area contributed by atoms with Crippen LogP contribution in [0.25, 0.3) is 0 Å². The minimum absolute atomic E-state index is 0.102. The van der Waals surface area contributed by atoms with Gasteiger partial charge < -0.3 is 5.32 Å². The highest BCUT2D eigenvalue weighted by Gasteiger charge is 2.25. The van der Waals surface area contributed by atoms with E-state index in [0.717, 1.165) is 43.6 Å². The van der Waals surface area contributed by atoms with Crippen molar-refractivity contribution < 1.29 is 13.2 Å². The summed E-state index contributed by atoms with van der Waals surface area (Å²) in [6.45, 7) is 3.47. The number of piperidine rings is 1. The van der Waals surface area contributed by atoms with Crippen LogP contribution in [0.15, 0.2) is 29.2 Å². The summed E-state index contributed by atoms with van der Waals surface area (Å²) in [5.74, 6) is 0.929. The Morgan fingerprint density at radius 3 is 2.29 bits per heavy atom. The lowest BCUT2D eigenvalue weighted by atomic mass is 9.84. The van der Waals surface area contributed by atoms with Gasteiger partial charge in [-0.25, -0.2) is 8.42 Å². The maximum absolute atomic E-state index is 12.7. The van der Waals surface area contributed by atoms with Crippen LogP contribution in [0, 0.1) is 5.92 Å². The number of aryl methyl sites for hydroxylation is 1. The highest BCUT2D eigenvalue weighted by Crippen LogP contribution is 2.26. The first kappa shape index (κ1) is 21.3. The molecule has 0 radical (unpaired) electrons. The summed E-state index contributed by atoms with van der Waals surface area (Å²) in [6.07, 6.45) is 9.92. The van der Waals surface area contributed by atoms with Crippen LogP contribution in [-0.4, -0.2) is 37.8 Å². The van der Waals surface area contributed by atoms with Crippen molar-refractivity contribution in [3.05, 3.63) is 29.8 Å². The van der Waals surface area contributed by atoms with Crippen LogP contribution in [0.2, 0.25) is 0 Å². The molecule has 2 aliphatic rings. The molecule has 156 valence electrons. The summed E-state index contributed by atoms with van der Waals surface area (Å²) in [5, 5.41) is 3.17. The Kier molecular flexibility index (Phi) is 7.52. The predicted octanol–water partition coefficient (Wildman–Crippen LogP) is 3.88. The van der Waals surface area contributed by atoms with E-state index >= 15 is 0 Å². The molecule has 5 nitrogen and oxygen atoms in total. The van der Waals surface area contributed by atoms with Gasteiger partial charge in [-0.15, -0.1) is 0 Å². The van der Waals surface area contributed by atoms with Crippen LogP contribution in [0.5, 0.6) is 0 Å². The minimum atomic E-state index is -3.38. The van der Waals surface area contributed by atoms with Crippen LogP contribution in [0.1, 0.15) is 70.3 Å². The number of carbonyl (C=O) groups is 1. The number of benzene rings is 1. The number of hydrogen-bond donors (Lipinski definition) is 1. The molecule has 2 fully saturated rings. The van der Waals surface area contributed by atoms with Gasteiger partial charge in [0.25, 0.3) is 0 Å². The van der Waals surface area contributed by atoms with Crippen molar-refractivity contribution in [1.29, 1.82) is 0 Å². The first-order valence-electron chi connectivity index (χ1n) is 10.9. The lowest BCUT2D eigenvalue weighted by Gasteiger charge is -2.28. The smallest absolute Gasteiger partial charge is 0.243 e. The summed E-state index contributed by atoms with van der Waals surface area (Å²) < 4.78 is 27.0. The normalized spacial score (nSPS) is 24.0.